The molecule has 1 saturated carbocycles. The van der Waals surface area contributed by atoms with E-state index in [1.807, 2.05) is 13.1 Å². The molecular formula is C21H35IN6O. The summed E-state index contributed by atoms with van der Waals surface area (Å²) < 4.78 is 0. The van der Waals surface area contributed by atoms with Crippen LogP contribution in [0.15, 0.2) is 23.3 Å². The van der Waals surface area contributed by atoms with E-state index < -0.39 is 0 Å². The van der Waals surface area contributed by atoms with Crippen LogP contribution in [-0.2, 0) is 11.3 Å². The van der Waals surface area contributed by atoms with Crippen molar-refractivity contribution in [3.05, 3.63) is 23.9 Å². The standard InChI is InChI=1S/C21H34N6O.HI/c1-3-22-21(24-11-10-23-20(28)18-5-6-18)26-15-17-4-7-19(25-14-17)27-12-8-16(2)9-13-27;/h4,7,14,16,18H,3,5-6,8-13,15H2,1-2H3,(H,23,28)(H2,22,24,26);1H. The Morgan fingerprint density at radius 2 is 1.86 bits per heavy atom. The number of hydrogen-bond acceptors (Lipinski definition) is 4. The Balaban J connectivity index is 0.00000300. The number of halogens is 1. The number of anilines is 1. The largest absolute Gasteiger partial charge is 0.357 e. The summed E-state index contributed by atoms with van der Waals surface area (Å²) in [5.41, 5.74) is 1.09. The van der Waals surface area contributed by atoms with Crippen LogP contribution in [0.5, 0.6) is 0 Å². The summed E-state index contributed by atoms with van der Waals surface area (Å²) in [4.78, 5) is 23.3. The summed E-state index contributed by atoms with van der Waals surface area (Å²) in [6, 6.07) is 4.22. The van der Waals surface area contributed by atoms with Gasteiger partial charge < -0.3 is 20.9 Å². The maximum atomic E-state index is 11.6. The van der Waals surface area contributed by atoms with Gasteiger partial charge in [-0.15, -0.1) is 24.0 Å². The van der Waals surface area contributed by atoms with E-state index in [-0.39, 0.29) is 35.8 Å². The van der Waals surface area contributed by atoms with E-state index in [4.69, 9.17) is 0 Å². The van der Waals surface area contributed by atoms with Gasteiger partial charge in [-0.05, 0) is 50.2 Å². The molecule has 0 radical (unpaired) electrons. The Morgan fingerprint density at radius 1 is 1.14 bits per heavy atom. The minimum Gasteiger partial charge on any atom is -0.357 e. The topological polar surface area (TPSA) is 81.7 Å². The molecule has 2 aliphatic rings. The fourth-order valence-electron chi connectivity index (χ4n) is 3.30. The lowest BCUT2D eigenvalue weighted by Crippen LogP contribution is -2.41. The van der Waals surface area contributed by atoms with Gasteiger partial charge in [0.25, 0.3) is 0 Å². The Labute approximate surface area is 191 Å². The predicted molar refractivity (Wildman–Crippen MR) is 129 cm³/mol. The SMILES string of the molecule is CCNC(=NCc1ccc(N2CCC(C)CC2)nc1)NCCNC(=O)C1CC1.I. The van der Waals surface area contributed by atoms with Gasteiger partial charge in [0.15, 0.2) is 5.96 Å². The van der Waals surface area contributed by atoms with Crippen LogP contribution < -0.4 is 20.9 Å². The molecule has 2 fully saturated rings. The molecule has 0 bridgehead atoms. The second-order valence-electron chi connectivity index (χ2n) is 7.88. The molecule has 0 aromatic carbocycles. The lowest BCUT2D eigenvalue weighted by Gasteiger charge is -2.31. The summed E-state index contributed by atoms with van der Waals surface area (Å²) in [7, 11) is 0. The highest BCUT2D eigenvalue weighted by atomic mass is 127. The lowest BCUT2D eigenvalue weighted by atomic mass is 9.99. The molecule has 1 aliphatic carbocycles. The molecule has 0 unspecified atom stereocenters. The first-order valence-corrected chi connectivity index (χ1v) is 10.7. The van der Waals surface area contributed by atoms with Crippen molar-refractivity contribution in [2.24, 2.45) is 16.8 Å². The van der Waals surface area contributed by atoms with E-state index >= 15 is 0 Å². The minimum absolute atomic E-state index is 0. The van der Waals surface area contributed by atoms with E-state index in [0.717, 1.165) is 55.7 Å². The van der Waals surface area contributed by atoms with Crippen molar-refractivity contribution in [3.8, 4) is 0 Å². The monoisotopic (exact) mass is 514 g/mol. The van der Waals surface area contributed by atoms with E-state index in [1.54, 1.807) is 0 Å². The van der Waals surface area contributed by atoms with Crippen molar-refractivity contribution in [3.63, 3.8) is 0 Å². The quantitative estimate of drug-likeness (QED) is 0.215. The first-order chi connectivity index (χ1) is 13.7. The molecule has 7 nitrogen and oxygen atoms in total. The summed E-state index contributed by atoms with van der Waals surface area (Å²) in [5, 5.41) is 9.47. The Hall–Kier alpha value is -1.58. The average molecular weight is 514 g/mol. The third-order valence-corrected chi connectivity index (χ3v) is 5.35. The molecule has 2 heterocycles. The van der Waals surface area contributed by atoms with Crippen molar-refractivity contribution in [1.29, 1.82) is 0 Å². The van der Waals surface area contributed by atoms with Crippen LogP contribution in [0.3, 0.4) is 0 Å². The molecule has 1 aromatic rings. The number of guanidine groups is 1. The van der Waals surface area contributed by atoms with Crippen LogP contribution in [-0.4, -0.2) is 49.6 Å². The molecule has 1 amide bonds. The summed E-state index contributed by atoms with van der Waals surface area (Å²) in [6.45, 7) is 9.21. The van der Waals surface area contributed by atoms with E-state index in [2.05, 4.69) is 49.9 Å². The number of nitrogens with one attached hydrogen (secondary N) is 3. The highest BCUT2D eigenvalue weighted by Gasteiger charge is 2.28. The Morgan fingerprint density at radius 3 is 2.48 bits per heavy atom. The number of carbonyl (C=O) groups excluding carboxylic acids is 1. The molecule has 162 valence electrons. The van der Waals surface area contributed by atoms with Gasteiger partial charge in [0.1, 0.15) is 5.82 Å². The summed E-state index contributed by atoms with van der Waals surface area (Å²) in [5.74, 6) is 3.08. The van der Waals surface area contributed by atoms with E-state index in [9.17, 15) is 4.79 Å². The number of amides is 1. The summed E-state index contributed by atoms with van der Waals surface area (Å²) >= 11 is 0. The average Bonchev–Trinajstić information content (AvgIpc) is 3.55. The van der Waals surface area contributed by atoms with Crippen LogP contribution in [0.4, 0.5) is 5.82 Å². The number of rotatable bonds is 8. The third-order valence-electron chi connectivity index (χ3n) is 5.35. The maximum absolute atomic E-state index is 11.6. The van der Waals surface area contributed by atoms with Crippen molar-refractivity contribution < 1.29 is 4.79 Å². The molecule has 1 aromatic heterocycles. The molecule has 3 N–H and O–H groups in total. The first kappa shape index (κ1) is 23.7. The zero-order valence-corrected chi connectivity index (χ0v) is 19.9. The summed E-state index contributed by atoms with van der Waals surface area (Å²) in [6.07, 6.45) is 6.48. The van der Waals surface area contributed by atoms with E-state index in [0.29, 0.717) is 19.6 Å². The third kappa shape index (κ3) is 7.98. The van der Waals surface area contributed by atoms with Gasteiger partial charge in [0.2, 0.25) is 5.91 Å². The van der Waals surface area contributed by atoms with Crippen molar-refractivity contribution in [1.82, 2.24) is 20.9 Å². The van der Waals surface area contributed by atoms with Gasteiger partial charge in [0.05, 0.1) is 6.54 Å². The molecule has 1 saturated heterocycles. The fraction of sp³-hybridized carbons (Fsp3) is 0.667. The predicted octanol–water partition coefficient (Wildman–Crippen LogP) is 2.52. The van der Waals surface area contributed by atoms with Gasteiger partial charge in [-0.2, -0.15) is 0 Å². The van der Waals surface area contributed by atoms with Crippen LogP contribution in [0.2, 0.25) is 0 Å². The van der Waals surface area contributed by atoms with Gasteiger partial charge in [0, 0.05) is 44.8 Å². The van der Waals surface area contributed by atoms with Crippen LogP contribution in [0.1, 0.15) is 45.1 Å². The first-order valence-electron chi connectivity index (χ1n) is 10.7. The van der Waals surface area contributed by atoms with Crippen LogP contribution >= 0.6 is 24.0 Å². The number of carbonyl (C=O) groups is 1. The molecule has 8 heteroatoms. The lowest BCUT2D eigenvalue weighted by molar-refractivity contribution is -0.122. The van der Waals surface area contributed by atoms with Crippen LogP contribution in [0, 0.1) is 11.8 Å². The zero-order valence-electron chi connectivity index (χ0n) is 17.6. The highest BCUT2D eigenvalue weighted by molar-refractivity contribution is 14.0. The van der Waals surface area contributed by atoms with Gasteiger partial charge in [-0.1, -0.05) is 13.0 Å². The molecule has 29 heavy (non-hydrogen) atoms. The second kappa shape index (κ2) is 12.2. The molecular weight excluding hydrogens is 479 g/mol. The van der Waals surface area contributed by atoms with E-state index in [1.165, 1.54) is 12.8 Å². The van der Waals surface area contributed by atoms with Crippen molar-refractivity contribution >= 4 is 41.7 Å². The Bertz CT molecular complexity index is 654. The number of pyridine rings is 1. The minimum atomic E-state index is 0. The van der Waals surface area contributed by atoms with Gasteiger partial charge in [-0.3, -0.25) is 4.79 Å². The molecule has 0 spiro atoms. The number of piperidine rings is 1. The second-order valence-corrected chi connectivity index (χ2v) is 7.88. The number of aromatic nitrogens is 1. The number of nitrogens with zero attached hydrogens (tertiary/aromatic N) is 3. The smallest absolute Gasteiger partial charge is 0.223 e. The molecule has 1 aliphatic heterocycles. The number of aliphatic imine (C=N–C) groups is 1. The molecule has 3 rings (SSSR count). The zero-order chi connectivity index (χ0) is 19.8. The normalized spacial score (nSPS) is 17.4. The highest BCUT2D eigenvalue weighted by Crippen LogP contribution is 2.28. The van der Waals surface area contributed by atoms with Crippen molar-refractivity contribution in [2.75, 3.05) is 37.6 Å². The molecule has 0 atom stereocenters. The fourth-order valence-corrected chi connectivity index (χ4v) is 3.30. The van der Waals surface area contributed by atoms with Gasteiger partial charge in [-0.25, -0.2) is 9.98 Å². The Kier molecular flexibility index (Phi) is 9.96. The van der Waals surface area contributed by atoms with Crippen molar-refractivity contribution in [2.45, 2.75) is 46.1 Å². The number of hydrogen-bond donors (Lipinski definition) is 3. The van der Waals surface area contributed by atoms with Gasteiger partial charge >= 0.3 is 0 Å². The maximum Gasteiger partial charge on any atom is 0.223 e. The van der Waals surface area contributed by atoms with Crippen LogP contribution in [0.25, 0.3) is 0 Å².